The Morgan fingerprint density at radius 3 is 2.78 bits per heavy atom. The number of aliphatic hydroxyl groups is 1. The Bertz CT molecular complexity index is 524. The fraction of sp³-hybridized carbons (Fsp3) is 0.312. The van der Waals surface area contributed by atoms with Crippen LogP contribution in [0.1, 0.15) is 29.2 Å². The van der Waals surface area contributed by atoms with E-state index in [1.165, 1.54) is 11.1 Å². The van der Waals surface area contributed by atoms with Crippen molar-refractivity contribution < 1.29 is 5.11 Å². The first-order chi connectivity index (χ1) is 8.83. The van der Waals surface area contributed by atoms with E-state index in [0.717, 1.165) is 18.5 Å². The van der Waals surface area contributed by atoms with Crippen LogP contribution in [0.4, 0.5) is 0 Å². The minimum Gasteiger partial charge on any atom is -0.393 e. The largest absolute Gasteiger partial charge is 0.393 e. The Morgan fingerprint density at radius 2 is 2.00 bits per heavy atom. The molecule has 1 aromatic heterocycles. The van der Waals surface area contributed by atoms with Gasteiger partial charge in [-0.25, -0.2) is 0 Å². The molecular weight excluding hydrogens is 222 g/mol. The number of rotatable bonds is 4. The maximum atomic E-state index is 10.1. The van der Waals surface area contributed by atoms with Gasteiger partial charge >= 0.3 is 0 Å². The molecule has 1 aromatic carbocycles. The van der Waals surface area contributed by atoms with E-state index in [1.54, 1.807) is 6.20 Å². The number of aromatic nitrogens is 1. The van der Waals surface area contributed by atoms with E-state index < -0.39 is 0 Å². The van der Waals surface area contributed by atoms with E-state index in [-0.39, 0.29) is 6.10 Å². The molecule has 3 rings (SSSR count). The smallest absolute Gasteiger partial charge is 0.0601 e. The third-order valence-electron chi connectivity index (χ3n) is 3.69. The van der Waals surface area contributed by atoms with Gasteiger partial charge in [-0.05, 0) is 42.0 Å². The van der Waals surface area contributed by atoms with Crippen LogP contribution < -0.4 is 0 Å². The quantitative estimate of drug-likeness (QED) is 0.890. The van der Waals surface area contributed by atoms with E-state index >= 15 is 0 Å². The third kappa shape index (κ3) is 2.29. The van der Waals surface area contributed by atoms with Crippen LogP contribution in [0.25, 0.3) is 0 Å². The summed E-state index contributed by atoms with van der Waals surface area (Å²) >= 11 is 0. The fourth-order valence-corrected chi connectivity index (χ4v) is 2.75. The lowest BCUT2D eigenvalue weighted by Gasteiger charge is -2.31. The predicted octanol–water partition coefficient (Wildman–Crippen LogP) is 2.72. The number of nitrogens with zero attached hydrogens (tertiary/aromatic N) is 1. The molecule has 0 saturated heterocycles. The number of hydrogen-bond acceptors (Lipinski definition) is 2. The van der Waals surface area contributed by atoms with Crippen molar-refractivity contribution in [3.05, 3.63) is 65.5 Å². The van der Waals surface area contributed by atoms with Gasteiger partial charge in [-0.15, -0.1) is 0 Å². The highest BCUT2D eigenvalue weighted by molar-refractivity contribution is 5.39. The SMILES string of the molecule is OC(Cc1ccccn1)CC1Cc2ccccc21. The van der Waals surface area contributed by atoms with Gasteiger partial charge in [0.25, 0.3) is 0 Å². The van der Waals surface area contributed by atoms with Gasteiger partial charge in [-0.3, -0.25) is 4.98 Å². The molecule has 1 N–H and O–H groups in total. The van der Waals surface area contributed by atoms with Crippen LogP contribution in [-0.2, 0) is 12.8 Å². The van der Waals surface area contributed by atoms with Gasteiger partial charge in [0.2, 0.25) is 0 Å². The van der Waals surface area contributed by atoms with Crippen molar-refractivity contribution in [2.24, 2.45) is 0 Å². The summed E-state index contributed by atoms with van der Waals surface area (Å²) in [5.41, 5.74) is 3.82. The van der Waals surface area contributed by atoms with Crippen molar-refractivity contribution in [3.63, 3.8) is 0 Å². The standard InChI is InChI=1S/C16H17NO/c18-15(11-14-6-3-4-8-17-14)10-13-9-12-5-1-2-7-16(12)13/h1-8,13,15,18H,9-11H2. The molecule has 2 nitrogen and oxygen atoms in total. The van der Waals surface area contributed by atoms with Crippen LogP contribution in [0.2, 0.25) is 0 Å². The van der Waals surface area contributed by atoms with Crippen LogP contribution in [0.5, 0.6) is 0 Å². The molecular formula is C16H17NO. The van der Waals surface area contributed by atoms with Gasteiger partial charge in [0.1, 0.15) is 0 Å². The molecule has 92 valence electrons. The Morgan fingerprint density at radius 1 is 1.17 bits per heavy atom. The average molecular weight is 239 g/mol. The minimum atomic E-state index is -0.293. The normalized spacial score (nSPS) is 18.8. The lowest BCUT2D eigenvalue weighted by Crippen LogP contribution is -2.23. The van der Waals surface area contributed by atoms with Crippen molar-refractivity contribution in [1.82, 2.24) is 4.98 Å². The molecule has 18 heavy (non-hydrogen) atoms. The maximum absolute atomic E-state index is 10.1. The van der Waals surface area contributed by atoms with Crippen LogP contribution in [0.15, 0.2) is 48.7 Å². The molecule has 1 heterocycles. The molecule has 0 aliphatic heterocycles. The van der Waals surface area contributed by atoms with Crippen molar-refractivity contribution in [3.8, 4) is 0 Å². The fourth-order valence-electron chi connectivity index (χ4n) is 2.75. The molecule has 1 aliphatic carbocycles. The zero-order chi connectivity index (χ0) is 12.4. The van der Waals surface area contributed by atoms with Crippen molar-refractivity contribution in [1.29, 1.82) is 0 Å². The van der Waals surface area contributed by atoms with Gasteiger partial charge in [-0.2, -0.15) is 0 Å². The number of fused-ring (bicyclic) bond motifs is 1. The first kappa shape index (κ1) is 11.4. The lowest BCUT2D eigenvalue weighted by molar-refractivity contribution is 0.150. The summed E-state index contributed by atoms with van der Waals surface area (Å²) in [5.74, 6) is 0.528. The van der Waals surface area contributed by atoms with Crippen molar-refractivity contribution in [2.75, 3.05) is 0 Å². The summed E-state index contributed by atoms with van der Waals surface area (Å²) in [4.78, 5) is 4.25. The van der Waals surface area contributed by atoms with Gasteiger partial charge in [0, 0.05) is 18.3 Å². The molecule has 0 saturated carbocycles. The molecule has 2 unspecified atom stereocenters. The second kappa shape index (κ2) is 4.91. The maximum Gasteiger partial charge on any atom is 0.0601 e. The second-order valence-electron chi connectivity index (χ2n) is 5.01. The van der Waals surface area contributed by atoms with Crippen LogP contribution in [0.3, 0.4) is 0 Å². The van der Waals surface area contributed by atoms with Crippen molar-refractivity contribution >= 4 is 0 Å². The molecule has 0 fully saturated rings. The first-order valence-corrected chi connectivity index (χ1v) is 6.48. The molecule has 0 spiro atoms. The lowest BCUT2D eigenvalue weighted by atomic mass is 9.74. The highest BCUT2D eigenvalue weighted by atomic mass is 16.3. The highest BCUT2D eigenvalue weighted by Crippen LogP contribution is 2.38. The van der Waals surface area contributed by atoms with E-state index in [0.29, 0.717) is 12.3 Å². The van der Waals surface area contributed by atoms with E-state index in [1.807, 2.05) is 18.2 Å². The van der Waals surface area contributed by atoms with E-state index in [2.05, 4.69) is 29.2 Å². The van der Waals surface area contributed by atoms with Crippen LogP contribution in [0, 0.1) is 0 Å². The zero-order valence-corrected chi connectivity index (χ0v) is 10.3. The summed E-state index contributed by atoms with van der Waals surface area (Å²) in [6, 6.07) is 14.4. The Hall–Kier alpha value is -1.67. The van der Waals surface area contributed by atoms with Crippen molar-refractivity contribution in [2.45, 2.75) is 31.3 Å². The predicted molar refractivity (Wildman–Crippen MR) is 71.5 cm³/mol. The Kier molecular flexibility index (Phi) is 3.11. The van der Waals surface area contributed by atoms with E-state index in [4.69, 9.17) is 0 Å². The molecule has 2 heteroatoms. The van der Waals surface area contributed by atoms with Gasteiger partial charge in [0.15, 0.2) is 0 Å². The number of pyridine rings is 1. The van der Waals surface area contributed by atoms with E-state index in [9.17, 15) is 5.11 Å². The van der Waals surface area contributed by atoms with Crippen LogP contribution >= 0.6 is 0 Å². The third-order valence-corrected chi connectivity index (χ3v) is 3.69. The first-order valence-electron chi connectivity index (χ1n) is 6.48. The second-order valence-corrected chi connectivity index (χ2v) is 5.01. The van der Waals surface area contributed by atoms with Crippen LogP contribution in [-0.4, -0.2) is 16.2 Å². The number of benzene rings is 1. The molecule has 2 aromatic rings. The summed E-state index contributed by atoms with van der Waals surface area (Å²) in [7, 11) is 0. The molecule has 0 radical (unpaired) electrons. The summed E-state index contributed by atoms with van der Waals surface area (Å²) in [6.07, 6.45) is 4.08. The molecule has 2 atom stereocenters. The average Bonchev–Trinajstić information content (AvgIpc) is 2.37. The topological polar surface area (TPSA) is 33.1 Å². The monoisotopic (exact) mass is 239 g/mol. The zero-order valence-electron chi connectivity index (χ0n) is 10.3. The highest BCUT2D eigenvalue weighted by Gasteiger charge is 2.27. The summed E-state index contributed by atoms with van der Waals surface area (Å²) in [5, 5.41) is 10.1. The number of aliphatic hydroxyl groups excluding tert-OH is 1. The molecule has 1 aliphatic rings. The Labute approximate surface area is 107 Å². The van der Waals surface area contributed by atoms with Gasteiger partial charge < -0.3 is 5.11 Å². The van der Waals surface area contributed by atoms with Gasteiger partial charge in [0.05, 0.1) is 6.10 Å². The summed E-state index contributed by atoms with van der Waals surface area (Å²) < 4.78 is 0. The summed E-state index contributed by atoms with van der Waals surface area (Å²) in [6.45, 7) is 0. The number of hydrogen-bond donors (Lipinski definition) is 1. The molecule has 0 bridgehead atoms. The molecule has 0 amide bonds. The Balaban J connectivity index is 1.59. The van der Waals surface area contributed by atoms with Gasteiger partial charge in [-0.1, -0.05) is 30.3 Å². The minimum absolute atomic E-state index is 0.293.